The van der Waals surface area contributed by atoms with Crippen molar-refractivity contribution in [2.75, 3.05) is 0 Å². The fourth-order valence-electron chi connectivity index (χ4n) is 2.18. The Labute approximate surface area is 147 Å². The van der Waals surface area contributed by atoms with Gasteiger partial charge in [-0.2, -0.15) is 13.8 Å². The molecule has 2 heterocycles. The Morgan fingerprint density at radius 2 is 2.12 bits per heavy atom. The molecule has 0 spiro atoms. The van der Waals surface area contributed by atoms with Crippen LogP contribution in [0.5, 0.6) is 5.75 Å². The second kappa shape index (κ2) is 7.68. The van der Waals surface area contributed by atoms with E-state index in [2.05, 4.69) is 25.2 Å². The van der Waals surface area contributed by atoms with Crippen LogP contribution < -0.4 is 10.1 Å². The maximum absolute atomic E-state index is 12.3. The molecule has 9 heteroatoms. The molecule has 0 fully saturated rings. The first-order valence-electron chi connectivity index (χ1n) is 7.62. The van der Waals surface area contributed by atoms with Crippen LogP contribution in [-0.2, 0) is 0 Å². The van der Waals surface area contributed by atoms with E-state index in [0.29, 0.717) is 11.4 Å². The summed E-state index contributed by atoms with van der Waals surface area (Å²) in [5, 5.41) is 6.52. The zero-order chi connectivity index (χ0) is 18.5. The molecule has 7 nitrogen and oxygen atoms in total. The molecule has 1 aromatic carbocycles. The number of nitrogens with zero attached hydrogens (tertiary/aromatic N) is 3. The van der Waals surface area contributed by atoms with Gasteiger partial charge in [0.2, 0.25) is 11.7 Å². The zero-order valence-electron chi connectivity index (χ0n) is 13.6. The predicted molar refractivity (Wildman–Crippen MR) is 86.5 cm³/mol. The van der Waals surface area contributed by atoms with Crippen LogP contribution in [0, 0.1) is 0 Å². The molecule has 26 heavy (non-hydrogen) atoms. The Bertz CT molecular complexity index is 886. The molecule has 0 saturated carbocycles. The molecule has 0 unspecified atom stereocenters. The second-order valence-electron chi connectivity index (χ2n) is 5.30. The third-order valence-corrected chi connectivity index (χ3v) is 3.40. The van der Waals surface area contributed by atoms with Crippen LogP contribution in [0.3, 0.4) is 0 Å². The summed E-state index contributed by atoms with van der Waals surface area (Å²) < 4.78 is 34.0. The number of hydrogen-bond acceptors (Lipinski definition) is 6. The summed E-state index contributed by atoms with van der Waals surface area (Å²) in [7, 11) is 0. The number of aromatic nitrogens is 3. The first kappa shape index (κ1) is 17.5. The van der Waals surface area contributed by atoms with E-state index in [-0.39, 0.29) is 17.2 Å². The lowest BCUT2D eigenvalue weighted by atomic mass is 10.2. The van der Waals surface area contributed by atoms with E-state index in [4.69, 9.17) is 4.52 Å². The molecule has 0 aliphatic carbocycles. The summed E-state index contributed by atoms with van der Waals surface area (Å²) in [5.41, 5.74) is 0.847. The SMILES string of the molecule is C[C@@H](NC(=O)c1cccc(OC(F)F)c1)c1nc(-c2cccnc2)no1. The lowest BCUT2D eigenvalue weighted by molar-refractivity contribution is -0.0498. The highest BCUT2D eigenvalue weighted by molar-refractivity contribution is 5.94. The highest BCUT2D eigenvalue weighted by atomic mass is 19.3. The number of carbonyl (C=O) groups excluding carboxylic acids is 1. The van der Waals surface area contributed by atoms with Gasteiger partial charge in [-0.15, -0.1) is 0 Å². The number of amides is 1. The average Bonchev–Trinajstić information content (AvgIpc) is 3.12. The van der Waals surface area contributed by atoms with Crippen LogP contribution >= 0.6 is 0 Å². The van der Waals surface area contributed by atoms with Gasteiger partial charge in [0.15, 0.2) is 0 Å². The van der Waals surface area contributed by atoms with Crippen LogP contribution in [0.15, 0.2) is 53.3 Å². The van der Waals surface area contributed by atoms with Crippen LogP contribution in [0.4, 0.5) is 8.78 Å². The summed E-state index contributed by atoms with van der Waals surface area (Å²) in [6.07, 6.45) is 3.21. The molecule has 1 atom stereocenters. The summed E-state index contributed by atoms with van der Waals surface area (Å²) >= 11 is 0. The molecular formula is C17H14F2N4O3. The standard InChI is InChI=1S/C17H14F2N4O3/c1-10(16-22-14(23-26-16)12-5-3-7-20-9-12)21-15(24)11-4-2-6-13(8-11)25-17(18)19/h2-10,17H,1H3,(H,21,24)/t10-/m1/s1. The minimum Gasteiger partial charge on any atom is -0.435 e. The molecule has 0 radical (unpaired) electrons. The number of carbonyl (C=O) groups is 1. The van der Waals surface area contributed by atoms with Gasteiger partial charge in [-0.1, -0.05) is 11.2 Å². The third-order valence-electron chi connectivity index (χ3n) is 3.40. The first-order valence-corrected chi connectivity index (χ1v) is 7.62. The van der Waals surface area contributed by atoms with Crippen molar-refractivity contribution in [1.29, 1.82) is 0 Å². The van der Waals surface area contributed by atoms with Gasteiger partial charge in [-0.3, -0.25) is 9.78 Å². The first-order chi connectivity index (χ1) is 12.5. The smallest absolute Gasteiger partial charge is 0.387 e. The number of halogens is 2. The molecule has 134 valence electrons. The summed E-state index contributed by atoms with van der Waals surface area (Å²) in [6.45, 7) is -1.30. The van der Waals surface area contributed by atoms with Crippen molar-refractivity contribution in [3.05, 3.63) is 60.2 Å². The highest BCUT2D eigenvalue weighted by Gasteiger charge is 2.19. The van der Waals surface area contributed by atoms with Crippen molar-refractivity contribution >= 4 is 5.91 Å². The highest BCUT2D eigenvalue weighted by Crippen LogP contribution is 2.19. The summed E-state index contributed by atoms with van der Waals surface area (Å²) in [6, 6.07) is 8.43. The minimum atomic E-state index is -2.96. The van der Waals surface area contributed by atoms with E-state index < -0.39 is 18.6 Å². The van der Waals surface area contributed by atoms with Crippen molar-refractivity contribution in [2.24, 2.45) is 0 Å². The molecule has 0 aliphatic heterocycles. The maximum Gasteiger partial charge on any atom is 0.387 e. The number of nitrogens with one attached hydrogen (secondary N) is 1. The molecule has 3 rings (SSSR count). The van der Waals surface area contributed by atoms with Crippen LogP contribution in [0.25, 0.3) is 11.4 Å². The van der Waals surface area contributed by atoms with E-state index >= 15 is 0 Å². The molecule has 3 aromatic rings. The number of ether oxygens (including phenoxy) is 1. The molecule has 0 aliphatic rings. The van der Waals surface area contributed by atoms with Crippen molar-refractivity contribution in [3.8, 4) is 17.1 Å². The Kier molecular flexibility index (Phi) is 5.16. The van der Waals surface area contributed by atoms with Gasteiger partial charge in [-0.25, -0.2) is 0 Å². The maximum atomic E-state index is 12.3. The van der Waals surface area contributed by atoms with Crippen molar-refractivity contribution in [1.82, 2.24) is 20.4 Å². The lowest BCUT2D eigenvalue weighted by Crippen LogP contribution is -2.26. The van der Waals surface area contributed by atoms with Gasteiger partial charge >= 0.3 is 6.61 Å². The fourth-order valence-corrected chi connectivity index (χ4v) is 2.18. The Balaban J connectivity index is 1.69. The van der Waals surface area contributed by atoms with E-state index in [0.717, 1.165) is 0 Å². The minimum absolute atomic E-state index is 0.100. The van der Waals surface area contributed by atoms with Gasteiger partial charge in [0.1, 0.15) is 11.8 Å². The third kappa shape index (κ3) is 4.18. The van der Waals surface area contributed by atoms with E-state index in [1.807, 2.05) is 0 Å². The molecule has 0 saturated heterocycles. The second-order valence-corrected chi connectivity index (χ2v) is 5.30. The topological polar surface area (TPSA) is 90.1 Å². The monoisotopic (exact) mass is 360 g/mol. The van der Waals surface area contributed by atoms with Crippen molar-refractivity contribution in [2.45, 2.75) is 19.6 Å². The summed E-state index contributed by atoms with van der Waals surface area (Å²) in [4.78, 5) is 20.5. The molecule has 1 N–H and O–H groups in total. The average molecular weight is 360 g/mol. The molecule has 0 bridgehead atoms. The Hall–Kier alpha value is -3.36. The number of benzene rings is 1. The van der Waals surface area contributed by atoms with Gasteiger partial charge in [-0.05, 0) is 37.3 Å². The Morgan fingerprint density at radius 1 is 1.27 bits per heavy atom. The molecular weight excluding hydrogens is 346 g/mol. The van der Waals surface area contributed by atoms with Gasteiger partial charge in [0.25, 0.3) is 5.91 Å². The fraction of sp³-hybridized carbons (Fsp3) is 0.176. The van der Waals surface area contributed by atoms with Crippen molar-refractivity contribution in [3.63, 3.8) is 0 Å². The quantitative estimate of drug-likeness (QED) is 0.726. The largest absolute Gasteiger partial charge is 0.435 e. The normalized spacial score (nSPS) is 12.0. The van der Waals surface area contributed by atoms with Gasteiger partial charge < -0.3 is 14.6 Å². The number of alkyl halides is 2. The van der Waals surface area contributed by atoms with E-state index in [9.17, 15) is 13.6 Å². The summed E-state index contributed by atoms with van der Waals surface area (Å²) in [5.74, 6) is -0.0333. The van der Waals surface area contributed by atoms with Crippen molar-refractivity contribution < 1.29 is 22.8 Å². The zero-order valence-corrected chi connectivity index (χ0v) is 13.6. The molecule has 1 amide bonds. The lowest BCUT2D eigenvalue weighted by Gasteiger charge is -2.11. The number of pyridine rings is 1. The van der Waals surface area contributed by atoms with E-state index in [1.165, 1.54) is 24.3 Å². The predicted octanol–water partition coefficient (Wildman–Crippen LogP) is 3.22. The molecule has 2 aromatic heterocycles. The Morgan fingerprint density at radius 3 is 2.85 bits per heavy atom. The number of hydrogen-bond donors (Lipinski definition) is 1. The van der Waals surface area contributed by atoms with Crippen LogP contribution in [0.1, 0.15) is 29.2 Å². The van der Waals surface area contributed by atoms with Gasteiger partial charge in [0.05, 0.1) is 0 Å². The number of rotatable bonds is 6. The van der Waals surface area contributed by atoms with Crippen LogP contribution in [0.2, 0.25) is 0 Å². The van der Waals surface area contributed by atoms with Crippen LogP contribution in [-0.4, -0.2) is 27.6 Å². The van der Waals surface area contributed by atoms with E-state index in [1.54, 1.807) is 31.5 Å². The van der Waals surface area contributed by atoms with Gasteiger partial charge in [0, 0.05) is 23.5 Å².